The van der Waals surface area contributed by atoms with E-state index in [0.29, 0.717) is 18.8 Å². The SMILES string of the molecule is O=C(Oc1ccccc1)N1CCc2c([nH]c3ccccc23)C1. The van der Waals surface area contributed by atoms with E-state index in [1.165, 1.54) is 10.9 Å². The average molecular weight is 292 g/mol. The lowest BCUT2D eigenvalue weighted by atomic mass is 10.0. The molecule has 1 aliphatic heterocycles. The summed E-state index contributed by atoms with van der Waals surface area (Å²) in [4.78, 5) is 17.4. The third-order valence-corrected chi connectivity index (χ3v) is 4.09. The molecule has 1 aliphatic rings. The second-order valence-electron chi connectivity index (χ2n) is 5.48. The van der Waals surface area contributed by atoms with Gasteiger partial charge in [-0.2, -0.15) is 0 Å². The first-order valence-corrected chi connectivity index (χ1v) is 7.41. The van der Waals surface area contributed by atoms with Crippen molar-refractivity contribution in [3.63, 3.8) is 0 Å². The fourth-order valence-corrected chi connectivity index (χ4v) is 3.00. The smallest absolute Gasteiger partial charge is 0.410 e. The summed E-state index contributed by atoms with van der Waals surface area (Å²) in [6, 6.07) is 17.5. The van der Waals surface area contributed by atoms with Gasteiger partial charge in [0.05, 0.1) is 6.54 Å². The molecule has 0 unspecified atom stereocenters. The number of aromatic nitrogens is 1. The van der Waals surface area contributed by atoms with Crippen molar-refractivity contribution in [1.82, 2.24) is 9.88 Å². The van der Waals surface area contributed by atoms with E-state index < -0.39 is 0 Å². The fourth-order valence-electron chi connectivity index (χ4n) is 3.00. The summed E-state index contributed by atoms with van der Waals surface area (Å²) >= 11 is 0. The Bertz CT molecular complexity index is 823. The highest BCUT2D eigenvalue weighted by atomic mass is 16.6. The van der Waals surface area contributed by atoms with Crippen LogP contribution in [0.2, 0.25) is 0 Å². The molecule has 0 atom stereocenters. The number of hydrogen-bond acceptors (Lipinski definition) is 2. The van der Waals surface area contributed by atoms with E-state index in [1.54, 1.807) is 17.0 Å². The second kappa shape index (κ2) is 5.22. The number of carbonyl (C=O) groups is 1. The van der Waals surface area contributed by atoms with Gasteiger partial charge in [0, 0.05) is 23.1 Å². The number of rotatable bonds is 1. The Kier molecular flexibility index (Phi) is 3.07. The van der Waals surface area contributed by atoms with Gasteiger partial charge in [0.25, 0.3) is 0 Å². The molecule has 0 saturated carbocycles. The summed E-state index contributed by atoms with van der Waals surface area (Å²) in [6.45, 7) is 1.25. The molecule has 0 spiro atoms. The third-order valence-electron chi connectivity index (χ3n) is 4.09. The fraction of sp³-hybridized carbons (Fsp3) is 0.167. The molecule has 0 aliphatic carbocycles. The molecule has 4 rings (SSSR count). The molecule has 1 aromatic heterocycles. The molecular formula is C18H16N2O2. The summed E-state index contributed by atoms with van der Waals surface area (Å²) in [5.74, 6) is 0.579. The lowest BCUT2D eigenvalue weighted by Crippen LogP contribution is -2.37. The van der Waals surface area contributed by atoms with Gasteiger partial charge in [-0.1, -0.05) is 36.4 Å². The van der Waals surface area contributed by atoms with Crippen LogP contribution in [0.25, 0.3) is 10.9 Å². The molecule has 0 saturated heterocycles. The van der Waals surface area contributed by atoms with Crippen LogP contribution in [0.5, 0.6) is 5.75 Å². The number of hydrogen-bond donors (Lipinski definition) is 1. The van der Waals surface area contributed by atoms with Crippen molar-refractivity contribution >= 4 is 17.0 Å². The lowest BCUT2D eigenvalue weighted by Gasteiger charge is -2.26. The van der Waals surface area contributed by atoms with Crippen LogP contribution in [0, 0.1) is 0 Å². The van der Waals surface area contributed by atoms with Crippen LogP contribution in [-0.2, 0) is 13.0 Å². The standard InChI is InChI=1S/C18H16N2O2/c21-18(22-13-6-2-1-3-7-13)20-11-10-15-14-8-4-5-9-16(14)19-17(15)12-20/h1-9,19H,10-12H2. The van der Waals surface area contributed by atoms with Gasteiger partial charge in [-0.25, -0.2) is 4.79 Å². The summed E-state index contributed by atoms with van der Waals surface area (Å²) in [7, 11) is 0. The van der Waals surface area contributed by atoms with E-state index in [1.807, 2.05) is 30.3 Å². The predicted octanol–water partition coefficient (Wildman–Crippen LogP) is 3.73. The van der Waals surface area contributed by atoms with E-state index in [9.17, 15) is 4.79 Å². The van der Waals surface area contributed by atoms with Crippen molar-refractivity contribution in [3.8, 4) is 5.75 Å². The monoisotopic (exact) mass is 292 g/mol. The minimum Gasteiger partial charge on any atom is -0.410 e. The van der Waals surface area contributed by atoms with E-state index in [0.717, 1.165) is 17.6 Å². The molecule has 1 N–H and O–H groups in total. The van der Waals surface area contributed by atoms with Gasteiger partial charge in [-0.15, -0.1) is 0 Å². The molecule has 2 heterocycles. The predicted molar refractivity (Wildman–Crippen MR) is 84.9 cm³/mol. The zero-order chi connectivity index (χ0) is 14.9. The molecule has 4 nitrogen and oxygen atoms in total. The number of para-hydroxylation sites is 2. The van der Waals surface area contributed by atoms with Gasteiger partial charge in [0.15, 0.2) is 0 Å². The molecule has 3 aromatic rings. The maximum atomic E-state index is 12.3. The molecule has 0 bridgehead atoms. The van der Waals surface area contributed by atoms with Crippen LogP contribution in [0.4, 0.5) is 4.79 Å². The van der Waals surface area contributed by atoms with E-state index in [-0.39, 0.29) is 6.09 Å². The number of nitrogens with zero attached hydrogens (tertiary/aromatic N) is 1. The number of H-pyrrole nitrogens is 1. The molecule has 2 aromatic carbocycles. The van der Waals surface area contributed by atoms with Crippen LogP contribution in [-0.4, -0.2) is 22.5 Å². The minimum atomic E-state index is -0.296. The molecule has 4 heteroatoms. The molecule has 22 heavy (non-hydrogen) atoms. The lowest BCUT2D eigenvalue weighted by molar-refractivity contribution is 0.146. The average Bonchev–Trinajstić information content (AvgIpc) is 2.93. The van der Waals surface area contributed by atoms with E-state index in [4.69, 9.17) is 4.74 Å². The largest absolute Gasteiger partial charge is 0.415 e. The number of nitrogens with one attached hydrogen (secondary N) is 1. The van der Waals surface area contributed by atoms with Gasteiger partial charge < -0.3 is 14.6 Å². The quantitative estimate of drug-likeness (QED) is 0.743. The minimum absolute atomic E-state index is 0.296. The number of benzene rings is 2. The summed E-state index contributed by atoms with van der Waals surface area (Å²) in [5, 5.41) is 1.26. The maximum Gasteiger partial charge on any atom is 0.415 e. The van der Waals surface area contributed by atoms with Gasteiger partial charge >= 0.3 is 6.09 Å². The summed E-state index contributed by atoms with van der Waals surface area (Å²) in [5.41, 5.74) is 3.56. The van der Waals surface area contributed by atoms with Crippen LogP contribution in [0.15, 0.2) is 54.6 Å². The number of carbonyl (C=O) groups excluding carboxylic acids is 1. The Hall–Kier alpha value is -2.75. The zero-order valence-corrected chi connectivity index (χ0v) is 12.1. The Morgan fingerprint density at radius 2 is 1.82 bits per heavy atom. The Morgan fingerprint density at radius 1 is 1.05 bits per heavy atom. The van der Waals surface area contributed by atoms with Crippen molar-refractivity contribution in [2.75, 3.05) is 6.54 Å². The van der Waals surface area contributed by atoms with Crippen molar-refractivity contribution in [1.29, 1.82) is 0 Å². The highest BCUT2D eigenvalue weighted by Gasteiger charge is 2.24. The normalized spacial score (nSPS) is 13.9. The highest BCUT2D eigenvalue weighted by Crippen LogP contribution is 2.27. The van der Waals surface area contributed by atoms with Gasteiger partial charge in [0.2, 0.25) is 0 Å². The van der Waals surface area contributed by atoms with Crippen LogP contribution >= 0.6 is 0 Å². The first-order chi connectivity index (χ1) is 10.8. The Morgan fingerprint density at radius 3 is 2.68 bits per heavy atom. The van der Waals surface area contributed by atoms with Gasteiger partial charge in [-0.05, 0) is 30.2 Å². The Labute approximate surface area is 128 Å². The van der Waals surface area contributed by atoms with Crippen LogP contribution in [0.1, 0.15) is 11.3 Å². The highest BCUT2D eigenvalue weighted by molar-refractivity contribution is 5.85. The van der Waals surface area contributed by atoms with Crippen molar-refractivity contribution < 1.29 is 9.53 Å². The van der Waals surface area contributed by atoms with E-state index >= 15 is 0 Å². The molecule has 0 fully saturated rings. The summed E-state index contributed by atoms with van der Waals surface area (Å²) < 4.78 is 5.42. The van der Waals surface area contributed by atoms with Crippen molar-refractivity contribution in [2.45, 2.75) is 13.0 Å². The van der Waals surface area contributed by atoms with Crippen LogP contribution in [0.3, 0.4) is 0 Å². The third kappa shape index (κ3) is 2.22. The number of ether oxygens (including phenoxy) is 1. The van der Waals surface area contributed by atoms with Crippen molar-refractivity contribution in [2.24, 2.45) is 0 Å². The maximum absolute atomic E-state index is 12.3. The number of amides is 1. The zero-order valence-electron chi connectivity index (χ0n) is 12.1. The molecule has 110 valence electrons. The number of fused-ring (bicyclic) bond motifs is 3. The van der Waals surface area contributed by atoms with Crippen molar-refractivity contribution in [3.05, 3.63) is 65.9 Å². The topological polar surface area (TPSA) is 45.3 Å². The van der Waals surface area contributed by atoms with E-state index in [2.05, 4.69) is 17.1 Å². The molecular weight excluding hydrogens is 276 g/mol. The summed E-state index contributed by atoms with van der Waals surface area (Å²) in [6.07, 6.45) is 0.555. The van der Waals surface area contributed by atoms with Crippen LogP contribution < -0.4 is 4.74 Å². The first-order valence-electron chi connectivity index (χ1n) is 7.41. The molecule has 1 amide bonds. The Balaban J connectivity index is 1.55. The first kappa shape index (κ1) is 13.0. The van der Waals surface area contributed by atoms with Gasteiger partial charge in [-0.3, -0.25) is 0 Å². The number of aromatic amines is 1. The molecule has 0 radical (unpaired) electrons. The van der Waals surface area contributed by atoms with Gasteiger partial charge in [0.1, 0.15) is 5.75 Å². The second-order valence-corrected chi connectivity index (χ2v) is 5.48.